The van der Waals surface area contributed by atoms with Gasteiger partial charge in [-0.1, -0.05) is 0 Å². The number of ether oxygens (including phenoxy) is 1. The molecule has 0 rings (SSSR count). The Morgan fingerprint density at radius 1 is 0.741 bits per heavy atom. The topological polar surface area (TPSA) is 63.6 Å². The fourth-order valence-electron chi connectivity index (χ4n) is 1.05. The first-order valence-corrected chi connectivity index (χ1v) is 6.79. The van der Waals surface area contributed by atoms with Crippen molar-refractivity contribution in [3.8, 4) is 0 Å². The summed E-state index contributed by atoms with van der Waals surface area (Å²) in [6.07, 6.45) is -21.2. The number of alkyl halides is 12. The standard InChI is InChI=1S/C8H2F14O4S/c9-2(10)1-3(11,12)4(13,14)5(15,16)6(17,18)26-7(19,20)8(21,22)27(23,24)25/h1H,(H,23,24,25). The van der Waals surface area contributed by atoms with E-state index in [1.54, 1.807) is 0 Å². The van der Waals surface area contributed by atoms with Crippen LogP contribution in [0.25, 0.3) is 0 Å². The largest absolute Gasteiger partial charge is 0.460 e. The van der Waals surface area contributed by atoms with Crippen LogP contribution in [0.15, 0.2) is 12.2 Å². The second-order valence-corrected chi connectivity index (χ2v) is 5.80. The van der Waals surface area contributed by atoms with Crippen LogP contribution in [0.1, 0.15) is 0 Å². The lowest BCUT2D eigenvalue weighted by molar-refractivity contribution is -0.486. The second-order valence-electron chi connectivity index (χ2n) is 4.33. The molecule has 4 nitrogen and oxygen atoms in total. The molecule has 0 amide bonds. The van der Waals surface area contributed by atoms with Crippen molar-refractivity contribution in [1.82, 2.24) is 0 Å². The van der Waals surface area contributed by atoms with E-state index in [4.69, 9.17) is 4.55 Å². The molecular weight excluding hydrogens is 458 g/mol. The fraction of sp³-hybridized carbons (Fsp3) is 0.750. The van der Waals surface area contributed by atoms with Crippen LogP contribution in [0.3, 0.4) is 0 Å². The third-order valence-electron chi connectivity index (χ3n) is 2.39. The molecule has 0 saturated heterocycles. The van der Waals surface area contributed by atoms with Gasteiger partial charge in [-0.3, -0.25) is 4.55 Å². The van der Waals surface area contributed by atoms with Crippen molar-refractivity contribution in [3.63, 3.8) is 0 Å². The number of rotatable bonds is 8. The van der Waals surface area contributed by atoms with E-state index in [2.05, 4.69) is 0 Å². The summed E-state index contributed by atoms with van der Waals surface area (Å²) in [5.74, 6) is -22.4. The SMILES string of the molecule is O=S(=O)(O)C(F)(F)C(F)(F)OC(F)(F)C(F)(F)C(F)(F)C(F)(F)C=C(F)F. The minimum atomic E-state index is -7.89. The van der Waals surface area contributed by atoms with Crippen LogP contribution in [-0.4, -0.2) is 48.2 Å². The summed E-state index contributed by atoms with van der Waals surface area (Å²) >= 11 is 0. The molecule has 0 heterocycles. The first-order valence-electron chi connectivity index (χ1n) is 5.35. The van der Waals surface area contributed by atoms with Gasteiger partial charge in [0.05, 0.1) is 6.08 Å². The first kappa shape index (κ1) is 25.6. The Labute approximate surface area is 138 Å². The maximum absolute atomic E-state index is 13.0. The van der Waals surface area contributed by atoms with E-state index in [1.165, 1.54) is 4.74 Å². The summed E-state index contributed by atoms with van der Waals surface area (Å²) in [5, 5.41) is -7.15. The molecular formula is C8H2F14O4S. The van der Waals surface area contributed by atoms with Gasteiger partial charge in [-0.15, -0.1) is 0 Å². The highest BCUT2D eigenvalue weighted by Crippen LogP contribution is 2.56. The molecule has 19 heteroatoms. The molecule has 0 saturated carbocycles. The summed E-state index contributed by atoms with van der Waals surface area (Å²) in [4.78, 5) is 0. The van der Waals surface area contributed by atoms with E-state index in [0.29, 0.717) is 0 Å². The molecule has 0 aliphatic carbocycles. The Kier molecular flexibility index (Phi) is 6.27. The van der Waals surface area contributed by atoms with Crippen molar-refractivity contribution < 1.29 is 79.2 Å². The van der Waals surface area contributed by atoms with Crippen LogP contribution in [0, 0.1) is 0 Å². The number of hydrogen-bond donors (Lipinski definition) is 1. The molecule has 27 heavy (non-hydrogen) atoms. The third kappa shape index (κ3) is 4.23. The second kappa shape index (κ2) is 6.61. The number of halogens is 14. The monoisotopic (exact) mass is 460 g/mol. The molecule has 0 unspecified atom stereocenters. The highest BCUT2D eigenvalue weighted by atomic mass is 32.2. The maximum atomic E-state index is 13.0. The van der Waals surface area contributed by atoms with Crippen LogP contribution in [0.2, 0.25) is 0 Å². The number of allylic oxidation sites excluding steroid dienone is 1. The van der Waals surface area contributed by atoms with Gasteiger partial charge in [0.2, 0.25) is 0 Å². The van der Waals surface area contributed by atoms with Gasteiger partial charge in [0.15, 0.2) is 0 Å². The summed E-state index contributed by atoms with van der Waals surface area (Å²) in [6, 6.07) is 0. The lowest BCUT2D eigenvalue weighted by Crippen LogP contribution is -2.65. The minimum absolute atomic E-state index is 1.34. The van der Waals surface area contributed by atoms with E-state index in [9.17, 15) is 69.9 Å². The predicted octanol–water partition coefficient (Wildman–Crippen LogP) is 4.36. The van der Waals surface area contributed by atoms with E-state index >= 15 is 0 Å². The first-order chi connectivity index (χ1) is 11.4. The number of hydrogen-bond acceptors (Lipinski definition) is 3. The van der Waals surface area contributed by atoms with Crippen molar-refractivity contribution in [3.05, 3.63) is 12.2 Å². The zero-order valence-corrected chi connectivity index (χ0v) is 12.3. The van der Waals surface area contributed by atoms with Gasteiger partial charge in [0, 0.05) is 0 Å². The van der Waals surface area contributed by atoms with Gasteiger partial charge in [0.25, 0.3) is 6.08 Å². The normalized spacial score (nSPS) is 15.7. The molecule has 0 fully saturated rings. The molecule has 162 valence electrons. The molecule has 0 aromatic carbocycles. The fourth-order valence-corrected chi connectivity index (χ4v) is 1.40. The summed E-state index contributed by atoms with van der Waals surface area (Å²) in [6.45, 7) is 0. The van der Waals surface area contributed by atoms with Gasteiger partial charge in [0.1, 0.15) is 0 Å². The summed E-state index contributed by atoms with van der Waals surface area (Å²) in [7, 11) is -7.39. The lowest BCUT2D eigenvalue weighted by Gasteiger charge is -2.36. The van der Waals surface area contributed by atoms with Gasteiger partial charge < -0.3 is 0 Å². The van der Waals surface area contributed by atoms with Gasteiger partial charge in [-0.05, 0) is 0 Å². The molecule has 0 aliphatic rings. The van der Waals surface area contributed by atoms with Gasteiger partial charge >= 0.3 is 45.4 Å². The zero-order chi connectivity index (χ0) is 22.5. The molecule has 1 N–H and O–H groups in total. The van der Waals surface area contributed by atoms with E-state index in [-0.39, 0.29) is 0 Å². The van der Waals surface area contributed by atoms with Crippen molar-refractivity contribution in [2.24, 2.45) is 0 Å². The Bertz CT molecular complexity index is 692. The maximum Gasteiger partial charge on any atom is 0.460 e. The zero-order valence-electron chi connectivity index (χ0n) is 11.4. The average molecular weight is 460 g/mol. The quantitative estimate of drug-likeness (QED) is 0.432. The van der Waals surface area contributed by atoms with Crippen LogP contribution in [-0.2, 0) is 14.9 Å². The Morgan fingerprint density at radius 2 is 1.11 bits per heavy atom. The van der Waals surface area contributed by atoms with Crippen LogP contribution in [0.4, 0.5) is 61.5 Å². The van der Waals surface area contributed by atoms with Crippen molar-refractivity contribution >= 4 is 10.1 Å². The van der Waals surface area contributed by atoms with Crippen LogP contribution >= 0.6 is 0 Å². The van der Waals surface area contributed by atoms with Crippen molar-refractivity contribution in [2.45, 2.75) is 35.2 Å². The highest BCUT2D eigenvalue weighted by molar-refractivity contribution is 7.86. The van der Waals surface area contributed by atoms with E-state index in [0.717, 1.165) is 0 Å². The average Bonchev–Trinajstić information content (AvgIpc) is 2.33. The minimum Gasteiger partial charge on any atom is -0.281 e. The summed E-state index contributed by atoms with van der Waals surface area (Å²) < 4.78 is 206. The molecule has 0 bridgehead atoms. The van der Waals surface area contributed by atoms with Gasteiger partial charge in [-0.25, -0.2) is 4.74 Å². The van der Waals surface area contributed by atoms with Crippen LogP contribution in [0.5, 0.6) is 0 Å². The van der Waals surface area contributed by atoms with Crippen LogP contribution < -0.4 is 0 Å². The van der Waals surface area contributed by atoms with E-state index in [1.807, 2.05) is 0 Å². The summed E-state index contributed by atoms with van der Waals surface area (Å²) in [5.41, 5.74) is 0. The van der Waals surface area contributed by atoms with E-state index < -0.39 is 57.5 Å². The van der Waals surface area contributed by atoms with Crippen molar-refractivity contribution in [1.29, 1.82) is 0 Å². The smallest absolute Gasteiger partial charge is 0.281 e. The Hall–Kier alpha value is -1.37. The van der Waals surface area contributed by atoms with Crippen molar-refractivity contribution in [2.75, 3.05) is 0 Å². The van der Waals surface area contributed by atoms with Gasteiger partial charge in [-0.2, -0.15) is 69.9 Å². The highest BCUT2D eigenvalue weighted by Gasteiger charge is 2.84. The predicted molar refractivity (Wildman–Crippen MR) is 52.6 cm³/mol. The lowest BCUT2D eigenvalue weighted by atomic mass is 10.0. The third-order valence-corrected chi connectivity index (χ3v) is 3.27. The Morgan fingerprint density at radius 3 is 1.41 bits per heavy atom. The molecule has 0 atom stereocenters. The molecule has 0 aromatic heterocycles. The molecule has 0 spiro atoms. The Balaban J connectivity index is 6.25. The molecule has 0 aromatic rings. The molecule has 0 aliphatic heterocycles. The molecule has 0 radical (unpaired) electrons.